The average molecular weight is 321 g/mol. The summed E-state index contributed by atoms with van der Waals surface area (Å²) in [5.41, 5.74) is 3.40. The average Bonchev–Trinajstić information content (AvgIpc) is 2.30. The number of nitrogens with zero attached hydrogens (tertiary/aromatic N) is 1. The lowest BCUT2D eigenvalue weighted by Crippen LogP contribution is -1.84. The van der Waals surface area contributed by atoms with Gasteiger partial charge in [-0.25, -0.2) is 0 Å². The van der Waals surface area contributed by atoms with E-state index < -0.39 is 0 Å². The van der Waals surface area contributed by atoms with Crippen molar-refractivity contribution in [1.29, 1.82) is 0 Å². The lowest BCUT2D eigenvalue weighted by atomic mass is 10.2. The zero-order valence-electron chi connectivity index (χ0n) is 9.02. The van der Waals surface area contributed by atoms with Crippen LogP contribution in [0, 0.1) is 10.5 Å². The molecule has 0 saturated carbocycles. The van der Waals surface area contributed by atoms with E-state index in [4.69, 9.17) is 0 Å². The summed E-state index contributed by atoms with van der Waals surface area (Å²) in [6.07, 6.45) is 1.91. The van der Waals surface area contributed by atoms with Gasteiger partial charge in [0.2, 0.25) is 0 Å². The van der Waals surface area contributed by atoms with Crippen LogP contribution < -0.4 is 0 Å². The summed E-state index contributed by atoms with van der Waals surface area (Å²) >= 11 is 2.32. The molecule has 0 spiro atoms. The highest BCUT2D eigenvalue weighted by molar-refractivity contribution is 14.1. The van der Waals surface area contributed by atoms with E-state index in [0.29, 0.717) is 0 Å². The summed E-state index contributed by atoms with van der Waals surface area (Å²) in [5.74, 6) is 0. The molecule has 0 aliphatic heterocycles. The molecular formula is C14H12IN. The van der Waals surface area contributed by atoms with Gasteiger partial charge in [0.15, 0.2) is 0 Å². The fourth-order valence-electron chi connectivity index (χ4n) is 1.35. The Balaban J connectivity index is 2.21. The molecule has 0 aliphatic carbocycles. The lowest BCUT2D eigenvalue weighted by Gasteiger charge is -1.97. The van der Waals surface area contributed by atoms with Crippen molar-refractivity contribution in [3.8, 4) is 0 Å². The molecule has 2 rings (SSSR count). The summed E-state index contributed by atoms with van der Waals surface area (Å²) in [6, 6.07) is 16.4. The fraction of sp³-hybridized carbons (Fsp3) is 0.0714. The molecule has 2 heteroatoms. The number of aliphatic imine (C=N–C) groups is 1. The fourth-order valence-corrected chi connectivity index (χ4v) is 1.88. The number of halogens is 1. The number of hydrogen-bond donors (Lipinski definition) is 0. The predicted molar refractivity (Wildman–Crippen MR) is 77.6 cm³/mol. The minimum absolute atomic E-state index is 0.991. The Labute approximate surface area is 109 Å². The third kappa shape index (κ3) is 2.92. The summed E-state index contributed by atoms with van der Waals surface area (Å²) in [7, 11) is 0. The number of hydrogen-bond acceptors (Lipinski definition) is 1. The van der Waals surface area contributed by atoms with Crippen molar-refractivity contribution in [2.75, 3.05) is 0 Å². The molecule has 80 valence electrons. The highest BCUT2D eigenvalue weighted by atomic mass is 127. The largest absolute Gasteiger partial charge is 0.256 e. The van der Waals surface area contributed by atoms with E-state index in [1.54, 1.807) is 0 Å². The van der Waals surface area contributed by atoms with Gasteiger partial charge in [-0.05, 0) is 47.7 Å². The second-order valence-corrected chi connectivity index (χ2v) is 4.78. The van der Waals surface area contributed by atoms with E-state index in [0.717, 1.165) is 11.3 Å². The Morgan fingerprint density at radius 1 is 1.00 bits per heavy atom. The minimum atomic E-state index is 0.991. The Kier molecular flexibility index (Phi) is 3.72. The van der Waals surface area contributed by atoms with E-state index in [2.05, 4.69) is 58.8 Å². The van der Waals surface area contributed by atoms with Crippen molar-refractivity contribution in [3.63, 3.8) is 0 Å². The van der Waals surface area contributed by atoms with Crippen molar-refractivity contribution >= 4 is 34.5 Å². The van der Waals surface area contributed by atoms with E-state index in [9.17, 15) is 0 Å². The first-order valence-corrected chi connectivity index (χ1v) is 6.19. The van der Waals surface area contributed by atoms with E-state index >= 15 is 0 Å². The molecule has 0 N–H and O–H groups in total. The zero-order valence-corrected chi connectivity index (χ0v) is 11.2. The second kappa shape index (κ2) is 5.25. The van der Waals surface area contributed by atoms with Crippen molar-refractivity contribution in [3.05, 3.63) is 63.2 Å². The van der Waals surface area contributed by atoms with E-state index in [1.165, 1.54) is 9.13 Å². The van der Waals surface area contributed by atoms with Crippen LogP contribution in [0.1, 0.15) is 11.1 Å². The molecule has 16 heavy (non-hydrogen) atoms. The van der Waals surface area contributed by atoms with Crippen molar-refractivity contribution < 1.29 is 0 Å². The van der Waals surface area contributed by atoms with Crippen molar-refractivity contribution in [2.45, 2.75) is 6.92 Å². The van der Waals surface area contributed by atoms with Gasteiger partial charge < -0.3 is 0 Å². The highest BCUT2D eigenvalue weighted by Crippen LogP contribution is 2.14. The van der Waals surface area contributed by atoms with Gasteiger partial charge in [0, 0.05) is 15.3 Å². The van der Waals surface area contributed by atoms with Crippen LogP contribution in [0.3, 0.4) is 0 Å². The zero-order chi connectivity index (χ0) is 11.4. The van der Waals surface area contributed by atoms with Gasteiger partial charge in [-0.2, -0.15) is 0 Å². The summed E-state index contributed by atoms with van der Waals surface area (Å²) in [6.45, 7) is 2.08. The van der Waals surface area contributed by atoms with Gasteiger partial charge >= 0.3 is 0 Å². The monoisotopic (exact) mass is 321 g/mol. The summed E-state index contributed by atoms with van der Waals surface area (Å²) < 4.78 is 1.22. The van der Waals surface area contributed by atoms with Gasteiger partial charge in [-0.1, -0.05) is 35.9 Å². The van der Waals surface area contributed by atoms with Crippen LogP contribution in [0.4, 0.5) is 5.69 Å². The maximum absolute atomic E-state index is 4.45. The van der Waals surface area contributed by atoms with Gasteiger partial charge in [-0.15, -0.1) is 0 Å². The molecule has 0 unspecified atom stereocenters. The maximum Gasteiger partial charge on any atom is 0.0630 e. The molecule has 0 radical (unpaired) electrons. The summed E-state index contributed by atoms with van der Waals surface area (Å²) in [5, 5.41) is 0. The van der Waals surface area contributed by atoms with Crippen LogP contribution in [-0.4, -0.2) is 6.21 Å². The van der Waals surface area contributed by atoms with Crippen molar-refractivity contribution in [1.82, 2.24) is 0 Å². The Morgan fingerprint density at radius 2 is 1.69 bits per heavy atom. The first kappa shape index (κ1) is 11.3. The van der Waals surface area contributed by atoms with Crippen LogP contribution in [0.25, 0.3) is 0 Å². The molecule has 0 aromatic heterocycles. The number of rotatable bonds is 2. The molecular weight excluding hydrogens is 309 g/mol. The molecule has 0 aliphatic rings. The first-order chi connectivity index (χ1) is 7.75. The van der Waals surface area contributed by atoms with Crippen LogP contribution in [-0.2, 0) is 0 Å². The topological polar surface area (TPSA) is 12.4 Å². The molecule has 1 nitrogen and oxygen atoms in total. The van der Waals surface area contributed by atoms with Gasteiger partial charge in [-0.3, -0.25) is 4.99 Å². The maximum atomic E-state index is 4.45. The minimum Gasteiger partial charge on any atom is -0.256 e. The molecule has 0 bridgehead atoms. The Hall–Kier alpha value is -1.16. The molecule has 0 saturated heterocycles. The Bertz CT molecular complexity index is 500. The van der Waals surface area contributed by atoms with Gasteiger partial charge in [0.05, 0.1) is 5.69 Å². The van der Waals surface area contributed by atoms with Crippen LogP contribution in [0.5, 0.6) is 0 Å². The van der Waals surface area contributed by atoms with E-state index in [-0.39, 0.29) is 0 Å². The van der Waals surface area contributed by atoms with Gasteiger partial charge in [0.1, 0.15) is 0 Å². The van der Waals surface area contributed by atoms with Gasteiger partial charge in [0.25, 0.3) is 0 Å². The normalized spacial score (nSPS) is 10.9. The molecule has 0 amide bonds. The molecule has 2 aromatic carbocycles. The quantitative estimate of drug-likeness (QED) is 0.576. The summed E-state index contributed by atoms with van der Waals surface area (Å²) in [4.78, 5) is 4.45. The second-order valence-electron chi connectivity index (χ2n) is 3.62. The predicted octanol–water partition coefficient (Wildman–Crippen LogP) is 4.35. The highest BCUT2D eigenvalue weighted by Gasteiger charge is 1.93. The number of aryl methyl sites for hydroxylation is 1. The Morgan fingerprint density at radius 3 is 2.38 bits per heavy atom. The first-order valence-electron chi connectivity index (χ1n) is 5.11. The van der Waals surface area contributed by atoms with Crippen molar-refractivity contribution in [2.24, 2.45) is 4.99 Å². The van der Waals surface area contributed by atoms with Crippen LogP contribution in [0.2, 0.25) is 0 Å². The molecule has 0 fully saturated rings. The smallest absolute Gasteiger partial charge is 0.0630 e. The SMILES string of the molecule is Cc1ccc(N=Cc2ccccc2I)cc1. The lowest BCUT2D eigenvalue weighted by molar-refractivity contribution is 1.44. The van der Waals surface area contributed by atoms with E-state index in [1.807, 2.05) is 30.5 Å². The molecule has 0 heterocycles. The standard InChI is InChI=1S/C14H12IN/c1-11-6-8-13(9-7-11)16-10-12-4-2-3-5-14(12)15/h2-10H,1H3. The van der Waals surface area contributed by atoms with Crippen LogP contribution >= 0.6 is 22.6 Å². The number of benzene rings is 2. The molecule has 2 aromatic rings. The van der Waals surface area contributed by atoms with Crippen LogP contribution in [0.15, 0.2) is 53.5 Å². The molecule has 0 atom stereocenters. The third-order valence-electron chi connectivity index (χ3n) is 2.29. The third-order valence-corrected chi connectivity index (χ3v) is 3.27.